The average molecular weight is 364 g/mol. The highest BCUT2D eigenvalue weighted by Gasteiger charge is 2.65. The Balaban J connectivity index is 1.85. The van der Waals surface area contributed by atoms with E-state index in [1.54, 1.807) is 7.11 Å². The van der Waals surface area contributed by atoms with E-state index in [4.69, 9.17) is 9.47 Å². The van der Waals surface area contributed by atoms with Crippen molar-refractivity contribution in [3.8, 4) is 11.5 Å². The molecule has 1 saturated carbocycles. The normalized spacial score (nSPS) is 37.5. The van der Waals surface area contributed by atoms with Crippen molar-refractivity contribution in [3.63, 3.8) is 0 Å². The number of benzene rings is 1. The third-order valence-electron chi connectivity index (χ3n) is 6.20. The van der Waals surface area contributed by atoms with Gasteiger partial charge in [-0.2, -0.15) is 0 Å². The summed E-state index contributed by atoms with van der Waals surface area (Å²) in [5.41, 5.74) is 2.44. The summed E-state index contributed by atoms with van der Waals surface area (Å²) in [5.74, 6) is 2.33. The van der Waals surface area contributed by atoms with Gasteiger partial charge in [0.1, 0.15) is 0 Å². The summed E-state index contributed by atoms with van der Waals surface area (Å²) in [4.78, 5) is 12.6. The molecular formula is C17H18BrNO3. The molecule has 2 heterocycles. The Hall–Kier alpha value is -1.07. The predicted octanol–water partition coefficient (Wildman–Crippen LogP) is 2.35. The Morgan fingerprint density at radius 3 is 3.18 bits per heavy atom. The first-order chi connectivity index (χ1) is 10.7. The van der Waals surface area contributed by atoms with Crippen molar-refractivity contribution in [1.29, 1.82) is 0 Å². The van der Waals surface area contributed by atoms with Gasteiger partial charge in [-0.05, 0) is 43.4 Å². The number of halogens is 1. The van der Waals surface area contributed by atoms with E-state index in [9.17, 15) is 4.79 Å². The molecule has 2 aliphatic carbocycles. The van der Waals surface area contributed by atoms with Gasteiger partial charge in [-0.1, -0.05) is 15.9 Å². The van der Waals surface area contributed by atoms with E-state index in [2.05, 4.69) is 21.2 Å². The van der Waals surface area contributed by atoms with Gasteiger partial charge in [-0.25, -0.2) is 0 Å². The number of rotatable bonds is 1. The maximum absolute atomic E-state index is 12.6. The summed E-state index contributed by atoms with van der Waals surface area (Å²) < 4.78 is 12.9. The molecule has 5 rings (SSSR count). The van der Waals surface area contributed by atoms with Crippen LogP contribution < -0.4 is 14.8 Å². The fraction of sp³-hybridized carbons (Fsp3) is 0.588. The summed E-state index contributed by atoms with van der Waals surface area (Å²) in [6.07, 6.45) is 3.29. The van der Waals surface area contributed by atoms with Crippen LogP contribution in [0.5, 0.6) is 11.5 Å². The Morgan fingerprint density at radius 2 is 2.36 bits per heavy atom. The lowest BCUT2D eigenvalue weighted by atomic mass is 9.52. The van der Waals surface area contributed by atoms with Gasteiger partial charge >= 0.3 is 0 Å². The first-order valence-electron chi connectivity index (χ1n) is 7.99. The Bertz CT molecular complexity index is 704. The summed E-state index contributed by atoms with van der Waals surface area (Å²) in [5, 5.41) is 3.68. The molecule has 1 aromatic rings. The van der Waals surface area contributed by atoms with Gasteiger partial charge in [-0.15, -0.1) is 0 Å². The molecule has 4 aliphatic rings. The molecule has 2 unspecified atom stereocenters. The molecule has 4 nitrogen and oxygen atoms in total. The van der Waals surface area contributed by atoms with Crippen LogP contribution in [0.1, 0.15) is 30.4 Å². The van der Waals surface area contributed by atoms with Crippen LogP contribution in [-0.2, 0) is 16.6 Å². The fourth-order valence-electron chi connectivity index (χ4n) is 5.42. The molecule has 116 valence electrons. The average Bonchev–Trinajstić information content (AvgIpc) is 2.84. The predicted molar refractivity (Wildman–Crippen MR) is 84.6 cm³/mol. The molecule has 1 aromatic carbocycles. The van der Waals surface area contributed by atoms with Crippen LogP contribution in [0.25, 0.3) is 0 Å². The highest BCUT2D eigenvalue weighted by atomic mass is 79.9. The number of ether oxygens (including phenoxy) is 2. The summed E-state index contributed by atoms with van der Waals surface area (Å²) in [7, 11) is 1.67. The van der Waals surface area contributed by atoms with E-state index in [1.165, 1.54) is 11.1 Å². The zero-order valence-electron chi connectivity index (χ0n) is 12.4. The molecule has 0 radical (unpaired) electrons. The van der Waals surface area contributed by atoms with Gasteiger partial charge in [0.15, 0.2) is 23.4 Å². The molecule has 22 heavy (non-hydrogen) atoms. The highest BCUT2D eigenvalue weighted by Crippen LogP contribution is 2.63. The minimum absolute atomic E-state index is 0.134. The lowest BCUT2D eigenvalue weighted by molar-refractivity contribution is -0.135. The van der Waals surface area contributed by atoms with Crippen molar-refractivity contribution in [2.75, 3.05) is 13.7 Å². The second kappa shape index (κ2) is 4.26. The largest absolute Gasteiger partial charge is 0.493 e. The van der Waals surface area contributed by atoms with Crippen LogP contribution in [0.2, 0.25) is 0 Å². The Labute approximate surface area is 137 Å². The third kappa shape index (κ3) is 1.36. The van der Waals surface area contributed by atoms with Gasteiger partial charge in [0.2, 0.25) is 0 Å². The minimum Gasteiger partial charge on any atom is -0.493 e. The van der Waals surface area contributed by atoms with E-state index in [0.717, 1.165) is 41.8 Å². The second-order valence-electron chi connectivity index (χ2n) is 6.91. The van der Waals surface area contributed by atoms with Gasteiger partial charge in [-0.3, -0.25) is 4.79 Å². The monoisotopic (exact) mass is 363 g/mol. The second-order valence-corrected chi connectivity index (χ2v) is 7.76. The first-order valence-corrected chi connectivity index (χ1v) is 8.78. The number of nitrogens with one attached hydrogen (secondary N) is 1. The van der Waals surface area contributed by atoms with Gasteiger partial charge < -0.3 is 14.8 Å². The number of carbonyl (C=O) groups excluding carboxylic acids is 1. The molecule has 4 atom stereocenters. The van der Waals surface area contributed by atoms with Crippen LogP contribution in [0.4, 0.5) is 0 Å². The maximum atomic E-state index is 12.6. The molecule has 0 amide bonds. The number of methoxy groups -OCH3 is 1. The van der Waals surface area contributed by atoms with Crippen molar-refractivity contribution >= 4 is 21.7 Å². The molecule has 0 aromatic heterocycles. The molecule has 1 saturated heterocycles. The summed E-state index contributed by atoms with van der Waals surface area (Å²) in [6, 6.07) is 2.44. The molecule has 2 aliphatic heterocycles. The molecule has 5 heteroatoms. The number of hydrogen-bond donors (Lipinski definition) is 1. The smallest absolute Gasteiger partial charge is 0.174 e. The van der Waals surface area contributed by atoms with Gasteiger partial charge in [0, 0.05) is 27.9 Å². The standard InChI is InChI=1S/C17H18BrNO3/c1-21-13-7-10(18)8-6-11-9-2-3-12(20)16-17(9,4-5-19-11)14(8)15(13)22-16/h7,9,11,16,19H,2-6H2,1H3/t9?,11?,16-,17-/m1/s1. The van der Waals surface area contributed by atoms with Gasteiger partial charge in [0.25, 0.3) is 0 Å². The van der Waals surface area contributed by atoms with Crippen LogP contribution in [0, 0.1) is 5.92 Å². The third-order valence-corrected chi connectivity index (χ3v) is 6.91. The number of carbonyl (C=O) groups is 1. The molecule has 1 spiro atoms. The van der Waals surface area contributed by atoms with Crippen LogP contribution in [0.15, 0.2) is 10.5 Å². The van der Waals surface area contributed by atoms with Crippen molar-refractivity contribution < 1.29 is 14.3 Å². The van der Waals surface area contributed by atoms with Crippen molar-refractivity contribution in [2.45, 2.75) is 43.2 Å². The van der Waals surface area contributed by atoms with Gasteiger partial charge in [0.05, 0.1) is 7.11 Å². The summed E-state index contributed by atoms with van der Waals surface area (Å²) in [6.45, 7) is 0.960. The van der Waals surface area contributed by atoms with E-state index in [0.29, 0.717) is 18.4 Å². The SMILES string of the molecule is COc1cc(Br)c2c3c1O[C@@H]1C(=O)CCC4C(C2)NCC[C@]341. The molecule has 2 fully saturated rings. The van der Waals surface area contributed by atoms with Crippen LogP contribution in [-0.4, -0.2) is 31.6 Å². The molecule has 2 bridgehead atoms. The topological polar surface area (TPSA) is 47.6 Å². The van der Waals surface area contributed by atoms with Crippen molar-refractivity contribution in [3.05, 3.63) is 21.7 Å². The van der Waals surface area contributed by atoms with E-state index in [-0.39, 0.29) is 17.3 Å². The Morgan fingerprint density at radius 1 is 1.50 bits per heavy atom. The number of piperidine rings is 1. The van der Waals surface area contributed by atoms with Crippen molar-refractivity contribution in [2.24, 2.45) is 5.92 Å². The van der Waals surface area contributed by atoms with E-state index in [1.807, 2.05) is 6.07 Å². The number of ketones is 1. The van der Waals surface area contributed by atoms with Crippen LogP contribution >= 0.6 is 15.9 Å². The number of hydrogen-bond acceptors (Lipinski definition) is 4. The number of Topliss-reactive ketones (excluding diaryl/α,β-unsaturated/α-hetero) is 1. The maximum Gasteiger partial charge on any atom is 0.174 e. The lowest BCUT2D eigenvalue weighted by Crippen LogP contribution is -2.65. The molecular weight excluding hydrogens is 346 g/mol. The van der Waals surface area contributed by atoms with E-state index < -0.39 is 0 Å². The quantitative estimate of drug-likeness (QED) is 0.831. The Kier molecular flexibility index (Phi) is 2.59. The first kappa shape index (κ1) is 13.4. The van der Waals surface area contributed by atoms with Crippen molar-refractivity contribution in [1.82, 2.24) is 5.32 Å². The fourth-order valence-corrected chi connectivity index (χ4v) is 5.99. The minimum atomic E-state index is -0.312. The lowest BCUT2D eigenvalue weighted by Gasteiger charge is -2.54. The summed E-state index contributed by atoms with van der Waals surface area (Å²) >= 11 is 3.71. The zero-order chi connectivity index (χ0) is 15.1. The molecule has 1 N–H and O–H groups in total. The van der Waals surface area contributed by atoms with E-state index >= 15 is 0 Å². The highest BCUT2D eigenvalue weighted by molar-refractivity contribution is 9.10. The zero-order valence-corrected chi connectivity index (χ0v) is 14.0. The van der Waals surface area contributed by atoms with Crippen LogP contribution in [0.3, 0.4) is 0 Å².